The molecule has 0 aromatic rings. The van der Waals surface area contributed by atoms with Crippen molar-refractivity contribution in [3.05, 3.63) is 0 Å². The number of nitrogens with one attached hydrogen (secondary N) is 2. The highest BCUT2D eigenvalue weighted by Gasteiger charge is 2.13. The van der Waals surface area contributed by atoms with Crippen molar-refractivity contribution in [2.45, 2.75) is 25.5 Å². The Morgan fingerprint density at radius 3 is 2.90 bits per heavy atom. The summed E-state index contributed by atoms with van der Waals surface area (Å²) in [4.78, 5) is 0. The molecule has 0 bridgehead atoms. The molecule has 0 radical (unpaired) electrons. The van der Waals surface area contributed by atoms with Gasteiger partial charge in [-0.3, -0.25) is 0 Å². The fraction of sp³-hybridized carbons (Fsp3) is 1.00. The van der Waals surface area contributed by atoms with E-state index in [2.05, 4.69) is 10.6 Å². The highest BCUT2D eigenvalue weighted by atomic mass is 16.3. The van der Waals surface area contributed by atoms with Crippen molar-refractivity contribution in [1.82, 2.24) is 10.6 Å². The molecule has 0 amide bonds. The lowest BCUT2D eigenvalue weighted by Gasteiger charge is -2.25. The van der Waals surface area contributed by atoms with E-state index in [9.17, 15) is 0 Å². The van der Waals surface area contributed by atoms with Crippen molar-refractivity contribution < 1.29 is 5.11 Å². The van der Waals surface area contributed by atoms with E-state index in [0.29, 0.717) is 6.04 Å². The third-order valence-electron chi connectivity index (χ3n) is 1.75. The van der Waals surface area contributed by atoms with Gasteiger partial charge in [0.25, 0.3) is 0 Å². The maximum absolute atomic E-state index is 9.04. The summed E-state index contributed by atoms with van der Waals surface area (Å²) in [6, 6.07) is 0.466. The van der Waals surface area contributed by atoms with Crippen LogP contribution in [0.2, 0.25) is 0 Å². The van der Waals surface area contributed by atoms with E-state index in [1.165, 1.54) is 0 Å². The second-order valence-corrected chi connectivity index (χ2v) is 2.94. The van der Waals surface area contributed by atoms with Crippen molar-refractivity contribution in [3.8, 4) is 0 Å². The van der Waals surface area contributed by atoms with Gasteiger partial charge in [-0.25, -0.2) is 0 Å². The number of piperazine rings is 1. The molecule has 0 saturated carbocycles. The van der Waals surface area contributed by atoms with Crippen LogP contribution in [0.3, 0.4) is 0 Å². The molecule has 0 unspecified atom stereocenters. The molecule has 60 valence electrons. The maximum atomic E-state index is 9.04. The fourth-order valence-electron chi connectivity index (χ4n) is 1.29. The molecule has 1 saturated heterocycles. The minimum Gasteiger partial charge on any atom is -0.393 e. The molecule has 3 heteroatoms. The Morgan fingerprint density at radius 2 is 2.40 bits per heavy atom. The molecule has 3 N–H and O–H groups in total. The van der Waals surface area contributed by atoms with Crippen LogP contribution in [0.5, 0.6) is 0 Å². The molecule has 10 heavy (non-hydrogen) atoms. The summed E-state index contributed by atoms with van der Waals surface area (Å²) < 4.78 is 0. The minimum atomic E-state index is -0.183. The van der Waals surface area contributed by atoms with E-state index in [1.54, 1.807) is 0 Å². The van der Waals surface area contributed by atoms with Crippen LogP contribution in [0.4, 0.5) is 0 Å². The Labute approximate surface area is 61.8 Å². The largest absolute Gasteiger partial charge is 0.393 e. The number of aliphatic hydroxyl groups excluding tert-OH is 1. The quantitative estimate of drug-likeness (QED) is 0.481. The van der Waals surface area contributed by atoms with Gasteiger partial charge in [-0.15, -0.1) is 0 Å². The zero-order chi connectivity index (χ0) is 7.40. The molecule has 3 nitrogen and oxygen atoms in total. The summed E-state index contributed by atoms with van der Waals surface area (Å²) in [6.45, 7) is 4.90. The first-order chi connectivity index (χ1) is 4.79. The van der Waals surface area contributed by atoms with E-state index < -0.39 is 0 Å². The van der Waals surface area contributed by atoms with E-state index in [4.69, 9.17) is 5.11 Å². The van der Waals surface area contributed by atoms with Gasteiger partial charge in [-0.05, 0) is 13.3 Å². The Morgan fingerprint density at radius 1 is 1.60 bits per heavy atom. The monoisotopic (exact) mass is 144 g/mol. The molecule has 0 spiro atoms. The Kier molecular flexibility index (Phi) is 3.12. The molecule has 1 aliphatic heterocycles. The van der Waals surface area contributed by atoms with Crippen LogP contribution in [0.15, 0.2) is 0 Å². The van der Waals surface area contributed by atoms with Crippen LogP contribution < -0.4 is 10.6 Å². The predicted octanol–water partition coefficient (Wildman–Crippen LogP) is -0.681. The molecule has 0 aromatic carbocycles. The molecule has 1 fully saturated rings. The Hall–Kier alpha value is -0.120. The minimum absolute atomic E-state index is 0.183. The van der Waals surface area contributed by atoms with Crippen LogP contribution >= 0.6 is 0 Å². The molecule has 1 heterocycles. The summed E-state index contributed by atoms with van der Waals surface area (Å²) in [5, 5.41) is 15.6. The van der Waals surface area contributed by atoms with Crippen LogP contribution in [0.1, 0.15) is 13.3 Å². The average molecular weight is 144 g/mol. The maximum Gasteiger partial charge on any atom is 0.0527 e. The van der Waals surface area contributed by atoms with E-state index in [0.717, 1.165) is 26.1 Å². The molecular weight excluding hydrogens is 128 g/mol. The first-order valence-electron chi connectivity index (χ1n) is 3.91. The molecule has 1 rings (SSSR count). The molecule has 1 aliphatic rings. The van der Waals surface area contributed by atoms with Crippen molar-refractivity contribution in [1.29, 1.82) is 0 Å². The molecule has 2 atom stereocenters. The van der Waals surface area contributed by atoms with Gasteiger partial charge in [0.1, 0.15) is 0 Å². The molecular formula is C7H16N2O. The van der Waals surface area contributed by atoms with Gasteiger partial charge in [-0.2, -0.15) is 0 Å². The summed E-state index contributed by atoms with van der Waals surface area (Å²) in [5.41, 5.74) is 0. The SMILES string of the molecule is C[C@H](O)C[C@H]1CNCCN1. The number of hydrogen-bond donors (Lipinski definition) is 3. The molecule has 0 aliphatic carbocycles. The van der Waals surface area contributed by atoms with E-state index in [-0.39, 0.29) is 6.10 Å². The van der Waals surface area contributed by atoms with Crippen LogP contribution in [-0.4, -0.2) is 36.9 Å². The number of aliphatic hydroxyl groups is 1. The van der Waals surface area contributed by atoms with Crippen molar-refractivity contribution in [3.63, 3.8) is 0 Å². The van der Waals surface area contributed by atoms with Gasteiger partial charge >= 0.3 is 0 Å². The first kappa shape index (κ1) is 7.98. The Balaban J connectivity index is 2.13. The van der Waals surface area contributed by atoms with Gasteiger partial charge in [0, 0.05) is 25.7 Å². The third kappa shape index (κ3) is 2.64. The number of rotatable bonds is 2. The van der Waals surface area contributed by atoms with Gasteiger partial charge in [0.15, 0.2) is 0 Å². The van der Waals surface area contributed by atoms with Gasteiger partial charge < -0.3 is 15.7 Å². The van der Waals surface area contributed by atoms with Crippen LogP contribution in [-0.2, 0) is 0 Å². The van der Waals surface area contributed by atoms with Crippen molar-refractivity contribution in [2.75, 3.05) is 19.6 Å². The van der Waals surface area contributed by atoms with Crippen LogP contribution in [0.25, 0.3) is 0 Å². The normalized spacial score (nSPS) is 30.0. The summed E-state index contributed by atoms with van der Waals surface area (Å²) in [7, 11) is 0. The standard InChI is InChI=1S/C7H16N2O/c1-6(10)4-7-5-8-2-3-9-7/h6-10H,2-5H2,1H3/t6-,7-/m0/s1. The summed E-state index contributed by atoms with van der Waals surface area (Å²) in [6.07, 6.45) is 0.671. The lowest BCUT2D eigenvalue weighted by Crippen LogP contribution is -2.49. The van der Waals surface area contributed by atoms with E-state index >= 15 is 0 Å². The lowest BCUT2D eigenvalue weighted by molar-refractivity contribution is 0.163. The fourth-order valence-corrected chi connectivity index (χ4v) is 1.29. The van der Waals surface area contributed by atoms with Crippen LogP contribution in [0, 0.1) is 0 Å². The summed E-state index contributed by atoms with van der Waals surface area (Å²) in [5.74, 6) is 0. The molecule has 0 aromatic heterocycles. The first-order valence-corrected chi connectivity index (χ1v) is 3.91. The Bertz CT molecular complexity index is 89.6. The summed E-state index contributed by atoms with van der Waals surface area (Å²) >= 11 is 0. The highest BCUT2D eigenvalue weighted by molar-refractivity contribution is 4.76. The second kappa shape index (κ2) is 3.91. The zero-order valence-electron chi connectivity index (χ0n) is 6.43. The third-order valence-corrected chi connectivity index (χ3v) is 1.75. The van der Waals surface area contributed by atoms with Gasteiger partial charge in [0.2, 0.25) is 0 Å². The lowest BCUT2D eigenvalue weighted by atomic mass is 10.1. The zero-order valence-corrected chi connectivity index (χ0v) is 6.43. The van der Waals surface area contributed by atoms with E-state index in [1.807, 2.05) is 6.92 Å². The highest BCUT2D eigenvalue weighted by Crippen LogP contribution is 1.97. The van der Waals surface area contributed by atoms with Gasteiger partial charge in [-0.1, -0.05) is 0 Å². The number of hydrogen-bond acceptors (Lipinski definition) is 3. The second-order valence-electron chi connectivity index (χ2n) is 2.94. The predicted molar refractivity (Wildman–Crippen MR) is 41.0 cm³/mol. The topological polar surface area (TPSA) is 44.3 Å². The smallest absolute Gasteiger partial charge is 0.0527 e. The van der Waals surface area contributed by atoms with Crippen molar-refractivity contribution in [2.24, 2.45) is 0 Å². The van der Waals surface area contributed by atoms with Gasteiger partial charge in [0.05, 0.1) is 6.10 Å². The average Bonchev–Trinajstić information content (AvgIpc) is 1.88. The van der Waals surface area contributed by atoms with Crippen molar-refractivity contribution >= 4 is 0 Å².